The second-order valence-corrected chi connectivity index (χ2v) is 6.15. The van der Waals surface area contributed by atoms with E-state index in [9.17, 15) is 14.9 Å². The Balaban J connectivity index is 1.69. The molecule has 1 aromatic heterocycles. The van der Waals surface area contributed by atoms with Crippen molar-refractivity contribution in [3.8, 4) is 11.3 Å². The highest BCUT2D eigenvalue weighted by molar-refractivity contribution is 9.10. The summed E-state index contributed by atoms with van der Waals surface area (Å²) < 4.78 is 6.68. The minimum Gasteiger partial charge on any atom is -0.459 e. The van der Waals surface area contributed by atoms with Gasteiger partial charge in [-0.25, -0.2) is 0 Å². The summed E-state index contributed by atoms with van der Waals surface area (Å²) in [4.78, 5) is 22.6. The summed E-state index contributed by atoms with van der Waals surface area (Å²) in [5.74, 6) is 0.723. The van der Waals surface area contributed by atoms with Crippen LogP contribution in [0.2, 0.25) is 0 Å². The van der Waals surface area contributed by atoms with Crippen molar-refractivity contribution in [2.45, 2.75) is 6.54 Å². The lowest BCUT2D eigenvalue weighted by Crippen LogP contribution is -2.23. The Morgan fingerprint density at radius 1 is 1.08 bits per heavy atom. The molecular weight excluding hydrogens is 388 g/mol. The van der Waals surface area contributed by atoms with E-state index in [0.29, 0.717) is 11.5 Å². The number of para-hydroxylation sites is 1. The second-order valence-electron chi connectivity index (χ2n) is 5.23. The Hall–Kier alpha value is -2.93. The van der Waals surface area contributed by atoms with Crippen LogP contribution in [0.5, 0.6) is 0 Å². The fraction of sp³-hybridized carbons (Fsp3) is 0.0556. The molecule has 0 atom stereocenters. The maximum atomic E-state index is 12.2. The highest BCUT2D eigenvalue weighted by atomic mass is 79.9. The van der Waals surface area contributed by atoms with Gasteiger partial charge in [-0.15, -0.1) is 0 Å². The highest BCUT2D eigenvalue weighted by Gasteiger charge is 2.19. The van der Waals surface area contributed by atoms with Crippen LogP contribution < -0.4 is 5.32 Å². The molecule has 25 heavy (non-hydrogen) atoms. The van der Waals surface area contributed by atoms with Crippen molar-refractivity contribution in [1.82, 2.24) is 5.32 Å². The van der Waals surface area contributed by atoms with Crippen molar-refractivity contribution in [3.63, 3.8) is 0 Å². The van der Waals surface area contributed by atoms with Gasteiger partial charge in [-0.1, -0.05) is 40.2 Å². The second kappa shape index (κ2) is 7.31. The molecule has 0 saturated heterocycles. The molecule has 0 saturated carbocycles. The van der Waals surface area contributed by atoms with Crippen LogP contribution in [0.3, 0.4) is 0 Å². The van der Waals surface area contributed by atoms with Gasteiger partial charge in [-0.3, -0.25) is 14.9 Å². The average Bonchev–Trinajstić information content (AvgIpc) is 3.09. The number of amides is 1. The van der Waals surface area contributed by atoms with Crippen LogP contribution >= 0.6 is 15.9 Å². The molecule has 0 spiro atoms. The third-order valence-corrected chi connectivity index (χ3v) is 4.09. The summed E-state index contributed by atoms with van der Waals surface area (Å²) >= 11 is 3.38. The highest BCUT2D eigenvalue weighted by Crippen LogP contribution is 2.24. The maximum absolute atomic E-state index is 12.2. The molecule has 0 bridgehead atoms. The normalized spacial score (nSPS) is 10.4. The Morgan fingerprint density at radius 3 is 2.52 bits per heavy atom. The number of furan rings is 1. The summed E-state index contributed by atoms with van der Waals surface area (Å²) in [5, 5.41) is 13.6. The number of rotatable bonds is 5. The van der Waals surface area contributed by atoms with Crippen LogP contribution in [-0.2, 0) is 6.54 Å². The van der Waals surface area contributed by atoms with E-state index in [1.54, 1.807) is 12.1 Å². The van der Waals surface area contributed by atoms with Crippen LogP contribution in [0.4, 0.5) is 5.69 Å². The van der Waals surface area contributed by atoms with Crippen molar-refractivity contribution < 1.29 is 14.1 Å². The minimum absolute atomic E-state index is 0.0205. The maximum Gasteiger partial charge on any atom is 0.282 e. The molecule has 0 aliphatic carbocycles. The zero-order valence-electron chi connectivity index (χ0n) is 12.9. The number of hydrogen-bond acceptors (Lipinski definition) is 4. The number of nitrogens with zero attached hydrogens (tertiary/aromatic N) is 1. The molecule has 2 aromatic carbocycles. The van der Waals surface area contributed by atoms with Gasteiger partial charge in [0.2, 0.25) is 0 Å². The zero-order valence-corrected chi connectivity index (χ0v) is 14.5. The number of nitrogens with one attached hydrogen (secondary N) is 1. The third-order valence-electron chi connectivity index (χ3n) is 3.56. The van der Waals surface area contributed by atoms with Crippen molar-refractivity contribution in [1.29, 1.82) is 0 Å². The number of hydrogen-bond donors (Lipinski definition) is 1. The van der Waals surface area contributed by atoms with Crippen LogP contribution in [0.25, 0.3) is 11.3 Å². The quantitative estimate of drug-likeness (QED) is 0.502. The lowest BCUT2D eigenvalue weighted by Gasteiger charge is -2.04. The van der Waals surface area contributed by atoms with Crippen LogP contribution in [0, 0.1) is 10.1 Å². The summed E-state index contributed by atoms with van der Waals surface area (Å²) in [6.07, 6.45) is 0. The van der Waals surface area contributed by atoms with Gasteiger partial charge in [-0.2, -0.15) is 0 Å². The molecule has 1 N–H and O–H groups in total. The summed E-state index contributed by atoms with van der Waals surface area (Å²) in [6, 6.07) is 17.0. The van der Waals surface area contributed by atoms with E-state index in [4.69, 9.17) is 4.42 Å². The summed E-state index contributed by atoms with van der Waals surface area (Å²) in [5.41, 5.74) is 0.710. The van der Waals surface area contributed by atoms with Gasteiger partial charge >= 0.3 is 0 Å². The van der Waals surface area contributed by atoms with Crippen molar-refractivity contribution in [2.24, 2.45) is 0 Å². The van der Waals surface area contributed by atoms with Crippen LogP contribution in [-0.4, -0.2) is 10.8 Å². The van der Waals surface area contributed by atoms with Gasteiger partial charge in [0.15, 0.2) is 0 Å². The fourth-order valence-electron chi connectivity index (χ4n) is 2.33. The molecule has 0 radical (unpaired) electrons. The molecule has 6 nitrogen and oxygen atoms in total. The summed E-state index contributed by atoms with van der Waals surface area (Å²) in [7, 11) is 0. The molecule has 3 rings (SSSR count). The zero-order chi connectivity index (χ0) is 17.8. The number of benzene rings is 2. The first-order chi connectivity index (χ1) is 12.0. The molecular formula is C18H13BrN2O4. The Labute approximate surface area is 151 Å². The minimum atomic E-state index is -0.576. The van der Waals surface area contributed by atoms with E-state index in [1.807, 2.05) is 30.3 Å². The third kappa shape index (κ3) is 3.95. The lowest BCUT2D eigenvalue weighted by molar-refractivity contribution is -0.385. The Morgan fingerprint density at radius 2 is 1.80 bits per heavy atom. The Bertz CT molecular complexity index is 919. The molecule has 3 aromatic rings. The van der Waals surface area contributed by atoms with Gasteiger partial charge in [0.05, 0.1) is 11.5 Å². The number of carbonyl (C=O) groups excluding carboxylic acids is 1. The number of nitro groups is 1. The standard InChI is InChI=1S/C18H13BrN2O4/c19-13-7-5-12(6-8-13)17-10-9-14(25-17)11-20-18(22)15-3-1-2-4-16(15)21(23)24/h1-10H,11H2,(H,20,22). The molecule has 1 heterocycles. The smallest absolute Gasteiger partial charge is 0.282 e. The van der Waals surface area contributed by atoms with Crippen molar-refractivity contribution >= 4 is 27.5 Å². The predicted molar refractivity (Wildman–Crippen MR) is 96.1 cm³/mol. The van der Waals surface area contributed by atoms with Gasteiger partial charge in [0, 0.05) is 16.1 Å². The van der Waals surface area contributed by atoms with Gasteiger partial charge in [-0.05, 0) is 30.3 Å². The van der Waals surface area contributed by atoms with Crippen molar-refractivity contribution in [3.05, 3.63) is 86.6 Å². The van der Waals surface area contributed by atoms with E-state index < -0.39 is 10.8 Å². The molecule has 0 unspecified atom stereocenters. The van der Waals surface area contributed by atoms with E-state index in [0.717, 1.165) is 10.0 Å². The summed E-state index contributed by atoms with van der Waals surface area (Å²) in [6.45, 7) is 0.140. The molecule has 0 fully saturated rings. The van der Waals surface area contributed by atoms with E-state index in [2.05, 4.69) is 21.2 Å². The van der Waals surface area contributed by atoms with E-state index in [1.165, 1.54) is 18.2 Å². The number of halogens is 1. The van der Waals surface area contributed by atoms with Gasteiger partial charge in [0.25, 0.3) is 11.6 Å². The van der Waals surface area contributed by atoms with Crippen LogP contribution in [0.1, 0.15) is 16.1 Å². The first-order valence-electron chi connectivity index (χ1n) is 7.41. The molecule has 0 aliphatic rings. The molecule has 0 aliphatic heterocycles. The first-order valence-corrected chi connectivity index (χ1v) is 8.20. The molecule has 126 valence electrons. The largest absolute Gasteiger partial charge is 0.459 e. The molecule has 7 heteroatoms. The lowest BCUT2D eigenvalue weighted by atomic mass is 10.1. The molecule has 1 amide bonds. The van der Waals surface area contributed by atoms with Gasteiger partial charge < -0.3 is 9.73 Å². The fourth-order valence-corrected chi connectivity index (χ4v) is 2.59. The first kappa shape index (κ1) is 16.9. The van der Waals surface area contributed by atoms with Crippen molar-refractivity contribution in [2.75, 3.05) is 0 Å². The van der Waals surface area contributed by atoms with E-state index >= 15 is 0 Å². The predicted octanol–water partition coefficient (Wildman–Crippen LogP) is 4.55. The van der Waals surface area contributed by atoms with E-state index in [-0.39, 0.29) is 17.8 Å². The SMILES string of the molecule is O=C(NCc1ccc(-c2ccc(Br)cc2)o1)c1ccccc1[N+](=O)[O-]. The number of carbonyl (C=O) groups is 1. The van der Waals surface area contributed by atoms with Crippen LogP contribution in [0.15, 0.2) is 69.6 Å². The Kier molecular flexibility index (Phi) is 4.95. The topological polar surface area (TPSA) is 85.4 Å². The number of nitro benzene ring substituents is 1. The average molecular weight is 401 g/mol. The monoisotopic (exact) mass is 400 g/mol. The van der Waals surface area contributed by atoms with Gasteiger partial charge in [0.1, 0.15) is 17.1 Å².